The molecule has 0 aliphatic carbocycles. The summed E-state index contributed by atoms with van der Waals surface area (Å²) >= 11 is 3.38. The van der Waals surface area contributed by atoms with Gasteiger partial charge in [-0.15, -0.1) is 6.58 Å². The van der Waals surface area contributed by atoms with E-state index in [1.54, 1.807) is 37.5 Å². The van der Waals surface area contributed by atoms with Gasteiger partial charge in [-0.2, -0.15) is 4.31 Å². The molecule has 3 rings (SSSR count). The van der Waals surface area contributed by atoms with Crippen LogP contribution in [0.1, 0.15) is 11.1 Å². The lowest BCUT2D eigenvalue weighted by molar-refractivity contribution is 0.0895. The van der Waals surface area contributed by atoms with Crippen molar-refractivity contribution >= 4 is 26.0 Å². The van der Waals surface area contributed by atoms with Crippen molar-refractivity contribution in [2.24, 2.45) is 0 Å². The largest absolute Gasteiger partial charge is 0.497 e. The summed E-state index contributed by atoms with van der Waals surface area (Å²) in [7, 11) is -2.25. The van der Waals surface area contributed by atoms with Gasteiger partial charge in [-0.3, -0.25) is 0 Å². The summed E-state index contributed by atoms with van der Waals surface area (Å²) in [5, 5.41) is 0. The SMILES string of the molecule is C=C[C@H](COCc1ccccc1)N(Cc1ccc(OC)cc1)S(=O)(=O)c1ccccc1Br. The Labute approximate surface area is 198 Å². The Hall–Kier alpha value is -2.45. The first kappa shape index (κ1) is 24.2. The molecule has 0 aromatic heterocycles. The van der Waals surface area contributed by atoms with Gasteiger partial charge in [0.25, 0.3) is 0 Å². The lowest BCUT2D eigenvalue weighted by Gasteiger charge is -2.29. The minimum Gasteiger partial charge on any atom is -0.497 e. The highest BCUT2D eigenvalue weighted by molar-refractivity contribution is 9.10. The second-order valence-electron chi connectivity index (χ2n) is 7.13. The molecule has 7 heteroatoms. The van der Waals surface area contributed by atoms with E-state index in [2.05, 4.69) is 22.5 Å². The summed E-state index contributed by atoms with van der Waals surface area (Å²) in [6.45, 7) is 4.62. The summed E-state index contributed by atoms with van der Waals surface area (Å²) in [5.74, 6) is 0.709. The van der Waals surface area contributed by atoms with E-state index in [0.29, 0.717) is 16.8 Å². The predicted molar refractivity (Wildman–Crippen MR) is 130 cm³/mol. The zero-order valence-corrected chi connectivity index (χ0v) is 20.3. The molecule has 0 saturated carbocycles. The van der Waals surface area contributed by atoms with Crippen LogP contribution >= 0.6 is 15.9 Å². The average molecular weight is 516 g/mol. The van der Waals surface area contributed by atoms with Crippen molar-refractivity contribution in [3.63, 3.8) is 0 Å². The van der Waals surface area contributed by atoms with Crippen LogP contribution < -0.4 is 4.74 Å². The molecule has 0 radical (unpaired) electrons. The van der Waals surface area contributed by atoms with Crippen molar-refractivity contribution in [1.82, 2.24) is 4.31 Å². The van der Waals surface area contributed by atoms with Crippen LogP contribution in [0.25, 0.3) is 0 Å². The van der Waals surface area contributed by atoms with Gasteiger partial charge >= 0.3 is 0 Å². The lowest BCUT2D eigenvalue weighted by Crippen LogP contribution is -2.41. The first-order valence-corrected chi connectivity index (χ1v) is 12.3. The molecule has 32 heavy (non-hydrogen) atoms. The van der Waals surface area contributed by atoms with Gasteiger partial charge < -0.3 is 9.47 Å². The van der Waals surface area contributed by atoms with Gasteiger partial charge in [-0.05, 0) is 51.3 Å². The molecule has 0 unspecified atom stereocenters. The Morgan fingerprint density at radius 2 is 1.62 bits per heavy atom. The molecule has 168 valence electrons. The van der Waals surface area contributed by atoms with Gasteiger partial charge in [0, 0.05) is 11.0 Å². The summed E-state index contributed by atoms with van der Waals surface area (Å²) in [6.07, 6.45) is 1.61. The van der Waals surface area contributed by atoms with Crippen molar-refractivity contribution in [2.75, 3.05) is 13.7 Å². The number of halogens is 1. The number of hydrogen-bond acceptors (Lipinski definition) is 4. The van der Waals surface area contributed by atoms with Crippen molar-refractivity contribution in [3.8, 4) is 5.75 Å². The second kappa shape index (κ2) is 11.4. The molecule has 5 nitrogen and oxygen atoms in total. The molecule has 0 aliphatic heterocycles. The van der Waals surface area contributed by atoms with Gasteiger partial charge in [-0.25, -0.2) is 8.42 Å². The molecule has 0 saturated heterocycles. The van der Waals surface area contributed by atoms with Gasteiger partial charge in [0.05, 0.1) is 31.3 Å². The first-order chi connectivity index (χ1) is 15.5. The van der Waals surface area contributed by atoms with Gasteiger partial charge in [0.1, 0.15) is 5.75 Å². The standard InChI is InChI=1S/C25H26BrNO4S/c1-3-22(19-31-18-21-9-5-4-6-10-21)27(17-20-13-15-23(30-2)16-14-20)32(28,29)25-12-8-7-11-24(25)26/h3-16,22H,1,17-19H2,2H3/t22-/m1/s1. The number of sulfonamides is 1. The highest BCUT2D eigenvalue weighted by Crippen LogP contribution is 2.28. The monoisotopic (exact) mass is 515 g/mol. The molecule has 0 N–H and O–H groups in total. The molecular formula is C25H26BrNO4S. The number of methoxy groups -OCH3 is 1. The number of hydrogen-bond donors (Lipinski definition) is 0. The maximum Gasteiger partial charge on any atom is 0.245 e. The zero-order chi connectivity index (χ0) is 23.0. The van der Waals surface area contributed by atoms with E-state index < -0.39 is 16.1 Å². The third-order valence-electron chi connectivity index (χ3n) is 4.96. The number of ether oxygens (including phenoxy) is 2. The first-order valence-electron chi connectivity index (χ1n) is 10.1. The van der Waals surface area contributed by atoms with Gasteiger partial charge in [0.15, 0.2) is 0 Å². The highest BCUT2D eigenvalue weighted by Gasteiger charge is 2.31. The molecule has 0 amide bonds. The van der Waals surface area contributed by atoms with Gasteiger partial charge in [-0.1, -0.05) is 60.7 Å². The van der Waals surface area contributed by atoms with Crippen LogP contribution in [-0.2, 0) is 27.9 Å². The Morgan fingerprint density at radius 3 is 2.25 bits per heavy atom. The van der Waals surface area contributed by atoms with Crippen molar-refractivity contribution < 1.29 is 17.9 Å². The molecule has 0 heterocycles. The predicted octanol–water partition coefficient (Wildman–Crippen LogP) is 5.42. The van der Waals surface area contributed by atoms with E-state index in [0.717, 1.165) is 11.1 Å². The molecule has 1 atom stereocenters. The Kier molecular flexibility index (Phi) is 8.64. The van der Waals surface area contributed by atoms with E-state index >= 15 is 0 Å². The molecule has 0 bridgehead atoms. The molecule has 0 aliphatic rings. The van der Waals surface area contributed by atoms with E-state index in [1.807, 2.05) is 54.6 Å². The summed E-state index contributed by atoms with van der Waals surface area (Å²) in [4.78, 5) is 0.198. The van der Waals surface area contributed by atoms with Crippen LogP contribution in [0.3, 0.4) is 0 Å². The molecule has 0 fully saturated rings. The van der Waals surface area contributed by atoms with E-state index in [4.69, 9.17) is 9.47 Å². The van der Waals surface area contributed by atoms with E-state index in [9.17, 15) is 8.42 Å². The zero-order valence-electron chi connectivity index (χ0n) is 17.9. The minimum absolute atomic E-state index is 0.166. The fourth-order valence-electron chi connectivity index (χ4n) is 3.21. The smallest absolute Gasteiger partial charge is 0.245 e. The number of nitrogens with zero attached hydrogens (tertiary/aromatic N) is 1. The summed E-state index contributed by atoms with van der Waals surface area (Å²) in [5.41, 5.74) is 1.85. The summed E-state index contributed by atoms with van der Waals surface area (Å²) < 4.78 is 40.4. The average Bonchev–Trinajstić information content (AvgIpc) is 2.82. The Bertz CT molecular complexity index is 1120. The highest BCUT2D eigenvalue weighted by atomic mass is 79.9. The normalized spacial score (nSPS) is 12.5. The van der Waals surface area contributed by atoms with Crippen LogP contribution in [0.5, 0.6) is 5.75 Å². The van der Waals surface area contributed by atoms with Crippen molar-refractivity contribution in [3.05, 3.63) is 107 Å². The Balaban J connectivity index is 1.88. The van der Waals surface area contributed by atoms with Crippen molar-refractivity contribution in [1.29, 1.82) is 0 Å². The maximum absolute atomic E-state index is 13.7. The fraction of sp³-hybridized carbons (Fsp3) is 0.200. The van der Waals surface area contributed by atoms with Gasteiger partial charge in [0.2, 0.25) is 10.0 Å². The number of benzene rings is 3. The molecule has 3 aromatic carbocycles. The third-order valence-corrected chi connectivity index (χ3v) is 7.85. The topological polar surface area (TPSA) is 55.8 Å². The number of rotatable bonds is 11. The maximum atomic E-state index is 13.7. The third kappa shape index (κ3) is 6.07. The second-order valence-corrected chi connectivity index (χ2v) is 9.85. The fourth-order valence-corrected chi connectivity index (χ4v) is 5.75. The molecule has 0 spiro atoms. The lowest BCUT2D eigenvalue weighted by atomic mass is 10.2. The quantitative estimate of drug-likeness (QED) is 0.320. The van der Waals surface area contributed by atoms with Crippen LogP contribution in [-0.4, -0.2) is 32.5 Å². The van der Waals surface area contributed by atoms with Crippen LogP contribution in [0, 0.1) is 0 Å². The van der Waals surface area contributed by atoms with Crippen molar-refractivity contribution in [2.45, 2.75) is 24.1 Å². The molecule has 3 aromatic rings. The van der Waals surface area contributed by atoms with Crippen LogP contribution in [0.2, 0.25) is 0 Å². The minimum atomic E-state index is -3.85. The van der Waals surface area contributed by atoms with E-state index in [1.165, 1.54) is 4.31 Å². The van der Waals surface area contributed by atoms with Crippen LogP contribution in [0.4, 0.5) is 0 Å². The Morgan fingerprint density at radius 1 is 0.969 bits per heavy atom. The molecular weight excluding hydrogens is 490 g/mol. The van der Waals surface area contributed by atoms with E-state index in [-0.39, 0.29) is 18.0 Å². The van der Waals surface area contributed by atoms with Crippen LogP contribution in [0.15, 0.2) is 101 Å². The summed E-state index contributed by atoms with van der Waals surface area (Å²) in [6, 6.07) is 23.3.